The van der Waals surface area contributed by atoms with Gasteiger partial charge in [-0.05, 0) is 42.0 Å². The van der Waals surface area contributed by atoms with E-state index < -0.39 is 41.2 Å². The first-order valence-electron chi connectivity index (χ1n) is 8.61. The fraction of sp³-hybridized carbons (Fsp3) is 0.263. The zero-order valence-electron chi connectivity index (χ0n) is 15.2. The monoisotopic (exact) mass is 430 g/mol. The van der Waals surface area contributed by atoms with Gasteiger partial charge in [-0.25, -0.2) is 13.6 Å². The summed E-state index contributed by atoms with van der Waals surface area (Å²) in [6.45, 7) is -0.441. The normalized spacial score (nSPS) is 19.1. The Hall–Kier alpha value is -3.21. The van der Waals surface area contributed by atoms with Crippen LogP contribution in [0.25, 0.3) is 0 Å². The summed E-state index contributed by atoms with van der Waals surface area (Å²) in [6.07, 6.45) is -6.08. The minimum atomic E-state index is -4.54. The number of nitrogens with one attached hydrogen (secondary N) is 1. The van der Waals surface area contributed by atoms with Gasteiger partial charge in [0.15, 0.2) is 0 Å². The molecule has 1 atom stereocenters. The van der Waals surface area contributed by atoms with Crippen molar-refractivity contribution in [1.29, 1.82) is 0 Å². The van der Waals surface area contributed by atoms with Crippen LogP contribution in [-0.2, 0) is 22.3 Å². The maximum atomic E-state index is 13.2. The van der Waals surface area contributed by atoms with E-state index in [1.807, 2.05) is 0 Å². The smallest absolute Gasteiger partial charge is 0.407 e. The van der Waals surface area contributed by atoms with Gasteiger partial charge in [-0.3, -0.25) is 4.79 Å². The molecule has 1 aliphatic rings. The first-order valence-corrected chi connectivity index (χ1v) is 8.61. The number of carbonyl (C=O) groups is 2. The lowest BCUT2D eigenvalue weighted by atomic mass is 10.2. The molecule has 11 heteroatoms. The van der Waals surface area contributed by atoms with Crippen molar-refractivity contribution >= 4 is 17.7 Å². The second kappa shape index (κ2) is 7.90. The molecule has 30 heavy (non-hydrogen) atoms. The van der Waals surface area contributed by atoms with E-state index in [4.69, 9.17) is 4.74 Å². The van der Waals surface area contributed by atoms with Gasteiger partial charge < -0.3 is 20.1 Å². The number of amides is 2. The summed E-state index contributed by atoms with van der Waals surface area (Å²) in [5, 5.41) is 12.5. The van der Waals surface area contributed by atoms with Crippen molar-refractivity contribution in [2.45, 2.75) is 24.9 Å². The molecule has 0 bridgehead atoms. The van der Waals surface area contributed by atoms with E-state index in [-0.39, 0.29) is 30.8 Å². The Balaban J connectivity index is 1.62. The summed E-state index contributed by atoms with van der Waals surface area (Å²) in [6, 6.07) is 6.29. The molecule has 6 nitrogen and oxygen atoms in total. The van der Waals surface area contributed by atoms with Gasteiger partial charge in [0.25, 0.3) is 11.7 Å². The van der Waals surface area contributed by atoms with Crippen molar-refractivity contribution in [3.63, 3.8) is 0 Å². The molecule has 0 saturated carbocycles. The van der Waals surface area contributed by atoms with Crippen LogP contribution in [0.3, 0.4) is 0 Å². The van der Waals surface area contributed by atoms with Gasteiger partial charge in [0.2, 0.25) is 0 Å². The molecule has 1 saturated heterocycles. The molecule has 1 fully saturated rings. The number of rotatable bonds is 4. The highest BCUT2D eigenvalue weighted by molar-refractivity contribution is 6.01. The highest BCUT2D eigenvalue weighted by atomic mass is 19.4. The third-order valence-corrected chi connectivity index (χ3v) is 4.38. The van der Waals surface area contributed by atoms with Crippen LogP contribution in [0, 0.1) is 11.6 Å². The third-order valence-electron chi connectivity index (χ3n) is 4.38. The molecule has 3 rings (SSSR count). The average molecular weight is 430 g/mol. The molecular formula is C19H15F5N2O4. The zero-order chi connectivity index (χ0) is 22.1. The van der Waals surface area contributed by atoms with Gasteiger partial charge in [0.05, 0.1) is 5.56 Å². The molecule has 0 radical (unpaired) electrons. The number of alkyl halides is 3. The van der Waals surface area contributed by atoms with E-state index in [0.717, 1.165) is 41.3 Å². The lowest BCUT2D eigenvalue weighted by Crippen LogP contribution is -2.46. The molecular weight excluding hydrogens is 415 g/mol. The summed E-state index contributed by atoms with van der Waals surface area (Å²) in [5.74, 6) is -5.26. The van der Waals surface area contributed by atoms with E-state index in [2.05, 4.69) is 5.32 Å². The molecule has 2 aromatic rings. The third kappa shape index (κ3) is 4.67. The SMILES string of the molecule is O=C(NCc1cc(F)cc(F)c1)O[C@@]1(O)CCN(c2ccc(C(F)(F)F)cc2)C1=O. The zero-order valence-corrected chi connectivity index (χ0v) is 15.2. The van der Waals surface area contributed by atoms with Crippen molar-refractivity contribution in [3.8, 4) is 0 Å². The van der Waals surface area contributed by atoms with E-state index >= 15 is 0 Å². The van der Waals surface area contributed by atoms with Gasteiger partial charge in [0.1, 0.15) is 11.6 Å². The van der Waals surface area contributed by atoms with Crippen molar-refractivity contribution in [1.82, 2.24) is 5.32 Å². The fourth-order valence-electron chi connectivity index (χ4n) is 2.93. The number of alkyl carbamates (subject to hydrolysis) is 1. The van der Waals surface area contributed by atoms with Crippen LogP contribution in [0.5, 0.6) is 0 Å². The maximum absolute atomic E-state index is 13.2. The maximum Gasteiger partial charge on any atom is 0.416 e. The van der Waals surface area contributed by atoms with Crippen LogP contribution in [0.2, 0.25) is 0 Å². The summed E-state index contributed by atoms with van der Waals surface area (Å²) >= 11 is 0. The number of carbonyl (C=O) groups excluding carboxylic acids is 2. The molecule has 1 aliphatic heterocycles. The number of benzene rings is 2. The standard InChI is InChI=1S/C19H15F5N2O4/c20-13-7-11(8-14(21)9-13)10-25-17(28)30-18(29)5-6-26(16(18)27)15-3-1-12(2-4-15)19(22,23)24/h1-4,7-9,29H,5-6,10H2,(H,25,28)/t18-/m0/s1. The van der Waals surface area contributed by atoms with Gasteiger partial charge in [-0.15, -0.1) is 0 Å². The highest BCUT2D eigenvalue weighted by Crippen LogP contribution is 2.33. The van der Waals surface area contributed by atoms with Gasteiger partial charge >= 0.3 is 12.3 Å². The largest absolute Gasteiger partial charge is 0.416 e. The van der Waals surface area contributed by atoms with Gasteiger partial charge in [0, 0.05) is 31.3 Å². The van der Waals surface area contributed by atoms with Crippen LogP contribution in [0.15, 0.2) is 42.5 Å². The number of hydrogen-bond donors (Lipinski definition) is 2. The van der Waals surface area contributed by atoms with Crippen LogP contribution in [0.1, 0.15) is 17.5 Å². The topological polar surface area (TPSA) is 78.9 Å². The fourth-order valence-corrected chi connectivity index (χ4v) is 2.93. The number of nitrogens with zero attached hydrogens (tertiary/aromatic N) is 1. The number of anilines is 1. The minimum Gasteiger partial charge on any atom is -0.407 e. The van der Waals surface area contributed by atoms with Crippen molar-refractivity contribution < 1.29 is 41.4 Å². The first kappa shape index (κ1) is 21.5. The predicted octanol–water partition coefficient (Wildman–Crippen LogP) is 3.34. The highest BCUT2D eigenvalue weighted by Gasteiger charge is 2.49. The Kier molecular flexibility index (Phi) is 5.66. The Morgan fingerprint density at radius 2 is 1.73 bits per heavy atom. The molecule has 0 unspecified atom stereocenters. The Morgan fingerprint density at radius 3 is 2.30 bits per heavy atom. The van der Waals surface area contributed by atoms with Gasteiger partial charge in [-0.1, -0.05) is 0 Å². The summed E-state index contributed by atoms with van der Waals surface area (Å²) in [5.41, 5.74) is -0.735. The predicted molar refractivity (Wildman–Crippen MR) is 93.0 cm³/mol. The summed E-state index contributed by atoms with van der Waals surface area (Å²) in [4.78, 5) is 25.4. The van der Waals surface area contributed by atoms with Crippen LogP contribution in [0.4, 0.5) is 32.4 Å². The molecule has 2 aromatic carbocycles. The van der Waals surface area contributed by atoms with Crippen molar-refractivity contribution in [2.24, 2.45) is 0 Å². The average Bonchev–Trinajstić information content (AvgIpc) is 2.93. The lowest BCUT2D eigenvalue weighted by molar-refractivity contribution is -0.175. The second-order valence-corrected chi connectivity index (χ2v) is 6.56. The minimum absolute atomic E-state index is 0.0839. The van der Waals surface area contributed by atoms with Crippen molar-refractivity contribution in [3.05, 3.63) is 65.2 Å². The van der Waals surface area contributed by atoms with E-state index in [9.17, 15) is 36.6 Å². The van der Waals surface area contributed by atoms with Crippen LogP contribution >= 0.6 is 0 Å². The quantitative estimate of drug-likeness (QED) is 0.576. The van der Waals surface area contributed by atoms with E-state index in [1.54, 1.807) is 0 Å². The Labute approximate surface area is 166 Å². The summed E-state index contributed by atoms with van der Waals surface area (Å²) < 4.78 is 69.0. The number of halogens is 5. The number of aliphatic hydroxyl groups is 1. The number of ether oxygens (including phenoxy) is 1. The molecule has 160 valence electrons. The molecule has 1 heterocycles. The number of hydrogen-bond acceptors (Lipinski definition) is 4. The van der Waals surface area contributed by atoms with Crippen molar-refractivity contribution in [2.75, 3.05) is 11.4 Å². The van der Waals surface area contributed by atoms with Crippen LogP contribution in [-0.4, -0.2) is 29.4 Å². The van der Waals surface area contributed by atoms with E-state index in [1.165, 1.54) is 0 Å². The summed E-state index contributed by atoms with van der Waals surface area (Å²) in [7, 11) is 0. The van der Waals surface area contributed by atoms with Gasteiger partial charge in [-0.2, -0.15) is 13.2 Å². The molecule has 0 spiro atoms. The second-order valence-electron chi connectivity index (χ2n) is 6.56. The van der Waals surface area contributed by atoms with Crippen LogP contribution < -0.4 is 10.2 Å². The molecule has 2 N–H and O–H groups in total. The Bertz CT molecular complexity index is 944. The van der Waals surface area contributed by atoms with E-state index in [0.29, 0.717) is 6.07 Å². The molecule has 0 aromatic heterocycles. The lowest BCUT2D eigenvalue weighted by Gasteiger charge is -2.22. The first-order chi connectivity index (χ1) is 14.0. The Morgan fingerprint density at radius 1 is 1.13 bits per heavy atom. The molecule has 0 aliphatic carbocycles. The molecule has 2 amide bonds.